The Morgan fingerprint density at radius 1 is 1.21 bits per heavy atom. The van der Waals surface area contributed by atoms with E-state index in [-0.39, 0.29) is 5.28 Å². The van der Waals surface area contributed by atoms with Gasteiger partial charge in [-0.2, -0.15) is 9.97 Å². The predicted molar refractivity (Wildman–Crippen MR) is 81.3 cm³/mol. The van der Waals surface area contributed by atoms with Crippen molar-refractivity contribution in [1.82, 2.24) is 15.0 Å². The number of aryl methyl sites for hydroxylation is 1. The van der Waals surface area contributed by atoms with Gasteiger partial charge in [-0.15, -0.1) is 0 Å². The van der Waals surface area contributed by atoms with E-state index in [9.17, 15) is 0 Å². The highest BCUT2D eigenvalue weighted by molar-refractivity contribution is 9.10. The standard InChI is InChI=1S/C12H13BrClN5/c1-7-15-11(14)18-12(16-7)17-10-5-4-8(19(2)3)6-9(10)13/h4-6H,1-3H3,(H,15,16,17,18). The molecule has 0 bridgehead atoms. The summed E-state index contributed by atoms with van der Waals surface area (Å²) in [6.45, 7) is 1.77. The normalized spacial score (nSPS) is 10.4. The first-order chi connectivity index (χ1) is 8.95. The van der Waals surface area contributed by atoms with E-state index in [0.29, 0.717) is 11.8 Å². The maximum atomic E-state index is 5.80. The van der Waals surface area contributed by atoms with Crippen molar-refractivity contribution in [3.05, 3.63) is 33.8 Å². The fourth-order valence-corrected chi connectivity index (χ4v) is 2.18. The van der Waals surface area contributed by atoms with Crippen LogP contribution >= 0.6 is 27.5 Å². The molecule has 1 aromatic heterocycles. The molecule has 0 radical (unpaired) electrons. The summed E-state index contributed by atoms with van der Waals surface area (Å²) in [6, 6.07) is 5.97. The van der Waals surface area contributed by atoms with Gasteiger partial charge in [0.05, 0.1) is 5.69 Å². The van der Waals surface area contributed by atoms with Crippen molar-refractivity contribution in [2.45, 2.75) is 6.92 Å². The van der Waals surface area contributed by atoms with Crippen LogP contribution in [0.3, 0.4) is 0 Å². The zero-order valence-electron chi connectivity index (χ0n) is 10.8. The van der Waals surface area contributed by atoms with Crippen LogP contribution in [0, 0.1) is 6.92 Å². The van der Waals surface area contributed by atoms with Gasteiger partial charge in [0.2, 0.25) is 11.2 Å². The molecule has 1 heterocycles. The van der Waals surface area contributed by atoms with Crippen LogP contribution in [0.4, 0.5) is 17.3 Å². The molecule has 0 saturated heterocycles. The summed E-state index contributed by atoms with van der Waals surface area (Å²) in [4.78, 5) is 14.2. The molecule has 0 saturated carbocycles. The molecule has 2 rings (SSSR count). The Balaban J connectivity index is 2.28. The van der Waals surface area contributed by atoms with E-state index >= 15 is 0 Å². The van der Waals surface area contributed by atoms with Crippen molar-refractivity contribution in [3.63, 3.8) is 0 Å². The quantitative estimate of drug-likeness (QED) is 0.926. The van der Waals surface area contributed by atoms with Gasteiger partial charge in [-0.25, -0.2) is 4.98 Å². The molecule has 0 amide bonds. The average Bonchev–Trinajstić information content (AvgIpc) is 2.30. The smallest absolute Gasteiger partial charge is 0.231 e. The lowest BCUT2D eigenvalue weighted by Gasteiger charge is -2.14. The van der Waals surface area contributed by atoms with Gasteiger partial charge in [-0.3, -0.25) is 0 Å². The summed E-state index contributed by atoms with van der Waals surface area (Å²) in [5.41, 5.74) is 1.97. The molecule has 2 aromatic rings. The summed E-state index contributed by atoms with van der Waals surface area (Å²) in [5.74, 6) is 0.999. The van der Waals surface area contributed by atoms with Crippen LogP contribution in [0.1, 0.15) is 5.82 Å². The lowest BCUT2D eigenvalue weighted by atomic mass is 10.2. The van der Waals surface area contributed by atoms with E-state index in [0.717, 1.165) is 15.8 Å². The highest BCUT2D eigenvalue weighted by Crippen LogP contribution is 2.28. The maximum Gasteiger partial charge on any atom is 0.231 e. The summed E-state index contributed by atoms with van der Waals surface area (Å²) < 4.78 is 0.924. The van der Waals surface area contributed by atoms with Gasteiger partial charge < -0.3 is 10.2 Å². The number of benzene rings is 1. The Kier molecular flexibility index (Phi) is 4.21. The zero-order chi connectivity index (χ0) is 14.0. The molecule has 0 fully saturated rings. The molecule has 0 unspecified atom stereocenters. The molecule has 0 aliphatic heterocycles. The number of aromatic nitrogens is 3. The van der Waals surface area contributed by atoms with Crippen molar-refractivity contribution in [2.75, 3.05) is 24.3 Å². The third-order valence-electron chi connectivity index (χ3n) is 2.44. The van der Waals surface area contributed by atoms with Crippen LogP contribution in [0.5, 0.6) is 0 Å². The van der Waals surface area contributed by atoms with Gasteiger partial charge in [0.1, 0.15) is 5.82 Å². The largest absolute Gasteiger partial charge is 0.378 e. The second kappa shape index (κ2) is 5.71. The van der Waals surface area contributed by atoms with Gasteiger partial charge in [0.15, 0.2) is 0 Å². The molecule has 19 heavy (non-hydrogen) atoms. The Labute approximate surface area is 125 Å². The van der Waals surface area contributed by atoms with Gasteiger partial charge in [0.25, 0.3) is 0 Å². The maximum absolute atomic E-state index is 5.80. The second-order valence-electron chi connectivity index (χ2n) is 4.16. The lowest BCUT2D eigenvalue weighted by Crippen LogP contribution is -2.08. The predicted octanol–water partition coefficient (Wildman–Crippen LogP) is 3.41. The first kappa shape index (κ1) is 14.0. The molecular formula is C12H13BrClN5. The van der Waals surface area contributed by atoms with E-state index in [1.807, 2.05) is 37.2 Å². The van der Waals surface area contributed by atoms with Crippen LogP contribution in [0.25, 0.3) is 0 Å². The molecule has 7 heteroatoms. The van der Waals surface area contributed by atoms with Gasteiger partial charge in [-0.05, 0) is 52.7 Å². The third-order valence-corrected chi connectivity index (χ3v) is 3.26. The number of anilines is 3. The first-order valence-corrected chi connectivity index (χ1v) is 6.75. The highest BCUT2D eigenvalue weighted by Gasteiger charge is 2.06. The zero-order valence-corrected chi connectivity index (χ0v) is 13.1. The summed E-state index contributed by atoms with van der Waals surface area (Å²) in [6.07, 6.45) is 0. The van der Waals surface area contributed by atoms with Gasteiger partial charge in [-0.1, -0.05) is 0 Å². The Morgan fingerprint density at radius 3 is 2.53 bits per heavy atom. The van der Waals surface area contributed by atoms with E-state index in [1.54, 1.807) is 6.92 Å². The van der Waals surface area contributed by atoms with Gasteiger partial charge >= 0.3 is 0 Å². The van der Waals surface area contributed by atoms with E-state index in [2.05, 4.69) is 36.2 Å². The fourth-order valence-electron chi connectivity index (χ4n) is 1.51. The summed E-state index contributed by atoms with van der Waals surface area (Å²) in [7, 11) is 3.98. The summed E-state index contributed by atoms with van der Waals surface area (Å²) in [5, 5.41) is 3.28. The van der Waals surface area contributed by atoms with E-state index in [4.69, 9.17) is 11.6 Å². The van der Waals surface area contributed by atoms with E-state index in [1.165, 1.54) is 0 Å². The van der Waals surface area contributed by atoms with Crippen molar-refractivity contribution in [1.29, 1.82) is 0 Å². The lowest BCUT2D eigenvalue weighted by molar-refractivity contribution is 0.982. The Bertz CT molecular complexity index is 582. The number of nitrogens with zero attached hydrogens (tertiary/aromatic N) is 4. The number of hydrogen-bond donors (Lipinski definition) is 1. The monoisotopic (exact) mass is 341 g/mol. The molecule has 0 aliphatic rings. The number of halogens is 2. The fraction of sp³-hybridized carbons (Fsp3) is 0.250. The molecule has 1 aromatic carbocycles. The molecular weight excluding hydrogens is 330 g/mol. The Morgan fingerprint density at radius 2 is 1.95 bits per heavy atom. The highest BCUT2D eigenvalue weighted by atomic mass is 79.9. The summed E-state index contributed by atoms with van der Waals surface area (Å²) >= 11 is 9.32. The molecule has 5 nitrogen and oxygen atoms in total. The van der Waals surface area contributed by atoms with Crippen molar-refractivity contribution < 1.29 is 0 Å². The molecule has 0 atom stereocenters. The van der Waals surface area contributed by atoms with Crippen LogP contribution in [-0.2, 0) is 0 Å². The average molecular weight is 343 g/mol. The minimum Gasteiger partial charge on any atom is -0.378 e. The minimum atomic E-state index is 0.177. The minimum absolute atomic E-state index is 0.177. The topological polar surface area (TPSA) is 53.9 Å². The molecule has 1 N–H and O–H groups in total. The van der Waals surface area contributed by atoms with Crippen molar-refractivity contribution in [3.8, 4) is 0 Å². The molecule has 100 valence electrons. The van der Waals surface area contributed by atoms with Crippen molar-refractivity contribution >= 4 is 44.9 Å². The van der Waals surface area contributed by atoms with Crippen LogP contribution in [-0.4, -0.2) is 29.0 Å². The number of rotatable bonds is 3. The van der Waals surface area contributed by atoms with Crippen molar-refractivity contribution in [2.24, 2.45) is 0 Å². The molecule has 0 spiro atoms. The number of hydrogen-bond acceptors (Lipinski definition) is 5. The SMILES string of the molecule is Cc1nc(Cl)nc(Nc2ccc(N(C)C)cc2Br)n1. The third kappa shape index (κ3) is 3.54. The van der Waals surface area contributed by atoms with Crippen LogP contribution < -0.4 is 10.2 Å². The Hall–Kier alpha value is -1.40. The number of nitrogens with one attached hydrogen (secondary N) is 1. The van der Waals surface area contributed by atoms with Crippen LogP contribution in [0.15, 0.2) is 22.7 Å². The second-order valence-corrected chi connectivity index (χ2v) is 5.35. The van der Waals surface area contributed by atoms with Gasteiger partial charge in [0, 0.05) is 24.3 Å². The van der Waals surface area contributed by atoms with E-state index < -0.39 is 0 Å². The van der Waals surface area contributed by atoms with Crippen LogP contribution in [0.2, 0.25) is 5.28 Å². The molecule has 0 aliphatic carbocycles. The first-order valence-electron chi connectivity index (χ1n) is 5.58.